The first kappa shape index (κ1) is 21.9. The van der Waals surface area contributed by atoms with E-state index in [1.165, 1.54) is 0 Å². The number of carbonyl (C=O) groups excluding carboxylic acids is 1. The van der Waals surface area contributed by atoms with Crippen LogP contribution in [0.2, 0.25) is 5.02 Å². The van der Waals surface area contributed by atoms with Gasteiger partial charge in [-0.2, -0.15) is 0 Å². The number of anilines is 1. The molecule has 2 N–H and O–H groups in total. The summed E-state index contributed by atoms with van der Waals surface area (Å²) in [6.45, 7) is 0.966. The van der Waals surface area contributed by atoms with Gasteiger partial charge in [-0.15, -0.1) is 10.2 Å². The monoisotopic (exact) mass is 474 g/mol. The van der Waals surface area contributed by atoms with Crippen LogP contribution >= 0.6 is 11.6 Å². The van der Waals surface area contributed by atoms with Crippen LogP contribution in [0.4, 0.5) is 5.69 Å². The maximum Gasteiger partial charge on any atom is 0.251 e. The zero-order valence-corrected chi connectivity index (χ0v) is 19.3. The molecule has 172 valence electrons. The number of rotatable bonds is 6. The van der Waals surface area contributed by atoms with Crippen molar-refractivity contribution in [1.29, 1.82) is 0 Å². The maximum absolute atomic E-state index is 13.0. The summed E-state index contributed by atoms with van der Waals surface area (Å²) in [5, 5.41) is 15.6. The Morgan fingerprint density at radius 1 is 1.15 bits per heavy atom. The molecule has 34 heavy (non-hydrogen) atoms. The minimum atomic E-state index is -0.156. The first-order chi connectivity index (χ1) is 16.6. The summed E-state index contributed by atoms with van der Waals surface area (Å²) < 4.78 is 7.63. The molecule has 0 spiro atoms. The SMILES string of the molecule is Cn1c(CNc2cccc(C(=O)N[C@H]3CCOc4c(Cl)cccc43)c2)nnc1-c1ccncc1. The van der Waals surface area contributed by atoms with Gasteiger partial charge in [-0.05, 0) is 36.4 Å². The summed E-state index contributed by atoms with van der Waals surface area (Å²) >= 11 is 6.25. The maximum atomic E-state index is 13.0. The van der Waals surface area contributed by atoms with Gasteiger partial charge >= 0.3 is 0 Å². The summed E-state index contributed by atoms with van der Waals surface area (Å²) in [7, 11) is 1.93. The lowest BCUT2D eigenvalue weighted by atomic mass is 10.00. The van der Waals surface area contributed by atoms with E-state index in [9.17, 15) is 4.79 Å². The molecule has 1 atom stereocenters. The van der Waals surface area contributed by atoms with Crippen LogP contribution in [-0.2, 0) is 13.6 Å². The van der Waals surface area contributed by atoms with Crippen molar-refractivity contribution < 1.29 is 9.53 Å². The first-order valence-electron chi connectivity index (χ1n) is 10.9. The van der Waals surface area contributed by atoms with Crippen molar-refractivity contribution in [1.82, 2.24) is 25.1 Å². The number of amides is 1. The van der Waals surface area contributed by atoms with Crippen LogP contribution in [0.15, 0.2) is 67.0 Å². The molecule has 2 aromatic carbocycles. The lowest BCUT2D eigenvalue weighted by Gasteiger charge is -2.27. The second-order valence-electron chi connectivity index (χ2n) is 7.99. The van der Waals surface area contributed by atoms with E-state index in [2.05, 4.69) is 25.8 Å². The van der Waals surface area contributed by atoms with E-state index < -0.39 is 0 Å². The summed E-state index contributed by atoms with van der Waals surface area (Å²) in [6, 6.07) is 16.6. The number of halogens is 1. The molecule has 9 heteroatoms. The Labute approximate surface area is 202 Å². The second-order valence-corrected chi connectivity index (χ2v) is 8.40. The van der Waals surface area contributed by atoms with E-state index in [4.69, 9.17) is 16.3 Å². The van der Waals surface area contributed by atoms with E-state index in [-0.39, 0.29) is 11.9 Å². The zero-order chi connectivity index (χ0) is 23.5. The molecular weight excluding hydrogens is 452 g/mol. The van der Waals surface area contributed by atoms with Crippen molar-refractivity contribution in [3.8, 4) is 17.1 Å². The third kappa shape index (κ3) is 4.45. The van der Waals surface area contributed by atoms with Crippen molar-refractivity contribution in [2.75, 3.05) is 11.9 Å². The number of nitrogens with one attached hydrogen (secondary N) is 2. The molecule has 0 fully saturated rings. The van der Waals surface area contributed by atoms with Crippen molar-refractivity contribution >= 4 is 23.2 Å². The van der Waals surface area contributed by atoms with Gasteiger partial charge in [-0.1, -0.05) is 29.8 Å². The molecule has 0 bridgehead atoms. The van der Waals surface area contributed by atoms with Crippen LogP contribution in [0.25, 0.3) is 11.4 Å². The predicted octanol–water partition coefficient (Wildman–Crippen LogP) is 4.40. The molecule has 4 aromatic rings. The van der Waals surface area contributed by atoms with Gasteiger partial charge in [0.15, 0.2) is 11.6 Å². The fraction of sp³-hybridized carbons (Fsp3) is 0.200. The zero-order valence-electron chi connectivity index (χ0n) is 18.5. The highest BCUT2D eigenvalue weighted by molar-refractivity contribution is 6.32. The molecule has 3 heterocycles. The van der Waals surface area contributed by atoms with Gasteiger partial charge in [0, 0.05) is 48.2 Å². The van der Waals surface area contributed by atoms with Crippen molar-refractivity contribution in [3.63, 3.8) is 0 Å². The highest BCUT2D eigenvalue weighted by Gasteiger charge is 2.25. The lowest BCUT2D eigenvalue weighted by molar-refractivity contribution is 0.0925. The first-order valence-corrected chi connectivity index (χ1v) is 11.3. The number of carbonyl (C=O) groups is 1. The molecule has 0 unspecified atom stereocenters. The minimum absolute atomic E-state index is 0.153. The molecule has 8 nitrogen and oxygen atoms in total. The van der Waals surface area contributed by atoms with Gasteiger partial charge in [-0.25, -0.2) is 0 Å². The van der Waals surface area contributed by atoms with Gasteiger partial charge in [0.1, 0.15) is 5.75 Å². The molecule has 0 aliphatic carbocycles. The molecule has 1 aliphatic rings. The average molecular weight is 475 g/mol. The van der Waals surface area contributed by atoms with Crippen LogP contribution in [0.1, 0.15) is 34.2 Å². The largest absolute Gasteiger partial charge is 0.492 e. The molecule has 0 saturated heterocycles. The number of para-hydroxylation sites is 1. The van der Waals surface area contributed by atoms with Crippen LogP contribution in [0.5, 0.6) is 5.75 Å². The fourth-order valence-electron chi connectivity index (χ4n) is 4.00. The normalized spacial score (nSPS) is 14.7. The van der Waals surface area contributed by atoms with Gasteiger partial charge in [0.25, 0.3) is 5.91 Å². The number of benzene rings is 2. The molecular formula is C25H23ClN6O2. The Hall–Kier alpha value is -3.91. The van der Waals surface area contributed by atoms with E-state index in [1.54, 1.807) is 24.5 Å². The Morgan fingerprint density at radius 3 is 2.82 bits per heavy atom. The lowest BCUT2D eigenvalue weighted by Crippen LogP contribution is -2.32. The van der Waals surface area contributed by atoms with Gasteiger partial charge in [-0.3, -0.25) is 9.78 Å². The molecule has 1 aliphatic heterocycles. The van der Waals surface area contributed by atoms with Crippen molar-refractivity contribution in [2.45, 2.75) is 19.0 Å². The fourth-order valence-corrected chi connectivity index (χ4v) is 4.23. The molecule has 1 amide bonds. The van der Waals surface area contributed by atoms with Crippen LogP contribution in [-0.4, -0.2) is 32.3 Å². The number of pyridine rings is 1. The topological polar surface area (TPSA) is 94.0 Å². The van der Waals surface area contributed by atoms with Crippen molar-refractivity contribution in [3.05, 3.63) is 89.0 Å². The number of aromatic nitrogens is 4. The standard InChI is InChI=1S/C25H23ClN6O2/c1-32-22(30-31-24(32)16-8-11-27-12-9-16)15-28-18-5-2-4-17(14-18)25(33)29-21-10-13-34-23-19(21)6-3-7-20(23)26/h2-9,11-12,14,21,28H,10,13,15H2,1H3,(H,29,33)/t21-/m0/s1. The number of hydrogen-bond acceptors (Lipinski definition) is 6. The van der Waals surface area contributed by atoms with E-state index >= 15 is 0 Å². The summed E-state index contributed by atoms with van der Waals surface area (Å²) in [6.07, 6.45) is 4.14. The van der Waals surface area contributed by atoms with E-state index in [1.807, 2.05) is 54.1 Å². The molecule has 5 rings (SSSR count). The van der Waals surface area contributed by atoms with E-state index in [0.717, 1.165) is 28.5 Å². The summed E-state index contributed by atoms with van der Waals surface area (Å²) in [5.74, 6) is 2.03. The number of nitrogens with zero attached hydrogens (tertiary/aromatic N) is 4. The quantitative estimate of drug-likeness (QED) is 0.430. The Morgan fingerprint density at radius 2 is 1.97 bits per heavy atom. The minimum Gasteiger partial charge on any atom is -0.492 e. The van der Waals surface area contributed by atoms with Crippen LogP contribution in [0.3, 0.4) is 0 Å². The molecule has 0 radical (unpaired) electrons. The van der Waals surface area contributed by atoms with Crippen LogP contribution in [0, 0.1) is 0 Å². The number of fused-ring (bicyclic) bond motifs is 1. The van der Waals surface area contributed by atoms with Gasteiger partial charge in [0.2, 0.25) is 0 Å². The number of hydrogen-bond donors (Lipinski definition) is 2. The van der Waals surface area contributed by atoms with Gasteiger partial charge < -0.3 is 19.9 Å². The van der Waals surface area contributed by atoms with Gasteiger partial charge in [0.05, 0.1) is 24.2 Å². The van der Waals surface area contributed by atoms with E-state index in [0.29, 0.717) is 35.9 Å². The average Bonchev–Trinajstić information content (AvgIpc) is 3.24. The Kier molecular flexibility index (Phi) is 6.14. The Bertz CT molecular complexity index is 1320. The summed E-state index contributed by atoms with van der Waals surface area (Å²) in [4.78, 5) is 17.0. The third-order valence-corrected chi connectivity index (χ3v) is 6.11. The highest BCUT2D eigenvalue weighted by Crippen LogP contribution is 2.37. The van der Waals surface area contributed by atoms with Crippen LogP contribution < -0.4 is 15.4 Å². The summed E-state index contributed by atoms with van der Waals surface area (Å²) in [5.41, 5.74) is 3.23. The van der Waals surface area contributed by atoms with Crippen molar-refractivity contribution in [2.24, 2.45) is 7.05 Å². The smallest absolute Gasteiger partial charge is 0.251 e. The molecule has 0 saturated carbocycles. The highest BCUT2D eigenvalue weighted by atomic mass is 35.5. The molecule has 2 aromatic heterocycles. The Balaban J connectivity index is 1.27. The second kappa shape index (κ2) is 9.52. The third-order valence-electron chi connectivity index (χ3n) is 5.81. The number of ether oxygens (including phenoxy) is 1. The predicted molar refractivity (Wildman–Crippen MR) is 130 cm³/mol.